The molecule has 0 atom stereocenters. The highest BCUT2D eigenvalue weighted by Crippen LogP contribution is 2.31. The molecule has 1 aromatic rings. The number of carbonyl (C=O) groups is 1. The maximum absolute atomic E-state index is 12.5. The fourth-order valence-corrected chi connectivity index (χ4v) is 6.38. The van der Waals surface area contributed by atoms with Crippen LogP contribution in [-0.4, -0.2) is 42.8 Å². The Hall–Kier alpha value is -0.590. The first-order valence-electron chi connectivity index (χ1n) is 7.26. The molecule has 4 nitrogen and oxygen atoms in total. The van der Waals surface area contributed by atoms with Gasteiger partial charge in [0.15, 0.2) is 9.84 Å². The van der Waals surface area contributed by atoms with Crippen LogP contribution in [0.15, 0.2) is 12.1 Å². The van der Waals surface area contributed by atoms with E-state index in [1.165, 1.54) is 11.3 Å². The smallest absolute Gasteiger partial charge is 0.264 e. The van der Waals surface area contributed by atoms with Crippen molar-refractivity contribution in [2.75, 3.05) is 13.1 Å². The van der Waals surface area contributed by atoms with Gasteiger partial charge in [0.05, 0.1) is 19.7 Å². The van der Waals surface area contributed by atoms with Crippen LogP contribution in [0.4, 0.5) is 0 Å². The van der Waals surface area contributed by atoms with Crippen LogP contribution in [0.1, 0.15) is 41.8 Å². The van der Waals surface area contributed by atoms with E-state index in [9.17, 15) is 13.2 Å². The van der Waals surface area contributed by atoms with Crippen LogP contribution in [0.5, 0.6) is 0 Å². The summed E-state index contributed by atoms with van der Waals surface area (Å²) >= 11 is 7.06. The largest absolute Gasteiger partial charge is 0.335 e. The second-order valence-corrected chi connectivity index (χ2v) is 10.0. The van der Waals surface area contributed by atoms with Crippen molar-refractivity contribution in [1.82, 2.24) is 4.90 Å². The van der Waals surface area contributed by atoms with Crippen LogP contribution in [0.2, 0.25) is 4.34 Å². The number of thiophene rings is 1. The summed E-state index contributed by atoms with van der Waals surface area (Å²) in [5.41, 5.74) is 0. The van der Waals surface area contributed by atoms with Gasteiger partial charge >= 0.3 is 0 Å². The number of likely N-dealkylation sites (tertiary alicyclic amines) is 1. The molecule has 21 heavy (non-hydrogen) atoms. The molecule has 3 rings (SSSR count). The Balaban J connectivity index is 1.61. The van der Waals surface area contributed by atoms with Crippen molar-refractivity contribution < 1.29 is 13.2 Å². The minimum Gasteiger partial charge on any atom is -0.335 e. The van der Waals surface area contributed by atoms with Crippen molar-refractivity contribution in [2.24, 2.45) is 0 Å². The van der Waals surface area contributed by atoms with Gasteiger partial charge in [-0.25, -0.2) is 8.42 Å². The molecule has 1 saturated heterocycles. The molecule has 0 spiro atoms. The van der Waals surface area contributed by atoms with Crippen molar-refractivity contribution in [3.63, 3.8) is 0 Å². The van der Waals surface area contributed by atoms with E-state index >= 15 is 0 Å². The molecule has 0 N–H and O–H groups in total. The maximum Gasteiger partial charge on any atom is 0.264 e. The molecule has 2 heterocycles. The summed E-state index contributed by atoms with van der Waals surface area (Å²) in [5.74, 6) is -0.109. The molecule has 1 amide bonds. The summed E-state index contributed by atoms with van der Waals surface area (Å²) in [5, 5.41) is -0.565. The second kappa shape index (κ2) is 5.89. The van der Waals surface area contributed by atoms with E-state index in [2.05, 4.69) is 0 Å². The number of carbonyl (C=O) groups excluding carboxylic acids is 1. The monoisotopic (exact) mass is 347 g/mol. The van der Waals surface area contributed by atoms with E-state index < -0.39 is 9.84 Å². The molecule has 0 aromatic carbocycles. The number of rotatable bonds is 3. The average molecular weight is 348 g/mol. The minimum atomic E-state index is -3.09. The van der Waals surface area contributed by atoms with Gasteiger partial charge in [0.1, 0.15) is 0 Å². The van der Waals surface area contributed by atoms with Gasteiger partial charge in [-0.3, -0.25) is 4.79 Å². The molecule has 2 aliphatic rings. The van der Waals surface area contributed by atoms with Crippen molar-refractivity contribution in [3.05, 3.63) is 21.3 Å². The normalized spacial score (nSPS) is 21.3. The third kappa shape index (κ3) is 2.98. The number of hydrogen-bond donors (Lipinski definition) is 0. The Bertz CT molecular complexity index is 628. The summed E-state index contributed by atoms with van der Waals surface area (Å²) in [6, 6.07) is 3.38. The SMILES string of the molecule is O=C(c1ccc(Cl)s1)N1CC(S(=O)(=O)C2CCCCC2)C1. The molecular weight excluding hydrogens is 330 g/mol. The topological polar surface area (TPSA) is 54.5 Å². The lowest BCUT2D eigenvalue weighted by Gasteiger charge is -2.40. The summed E-state index contributed by atoms with van der Waals surface area (Å²) in [6.07, 6.45) is 4.72. The van der Waals surface area contributed by atoms with Crippen molar-refractivity contribution in [2.45, 2.75) is 42.6 Å². The third-order valence-electron chi connectivity index (χ3n) is 4.40. The van der Waals surface area contributed by atoms with E-state index in [4.69, 9.17) is 11.6 Å². The number of sulfone groups is 1. The zero-order valence-electron chi connectivity index (χ0n) is 11.6. The van der Waals surface area contributed by atoms with E-state index in [-0.39, 0.29) is 16.4 Å². The van der Waals surface area contributed by atoms with E-state index in [1.807, 2.05) is 0 Å². The molecule has 7 heteroatoms. The van der Waals surface area contributed by atoms with E-state index in [0.717, 1.165) is 32.1 Å². The first-order chi connectivity index (χ1) is 9.98. The lowest BCUT2D eigenvalue weighted by molar-refractivity contribution is 0.0663. The Labute approximate surface area is 134 Å². The maximum atomic E-state index is 12.5. The quantitative estimate of drug-likeness (QED) is 0.844. The fraction of sp³-hybridized carbons (Fsp3) is 0.643. The highest BCUT2D eigenvalue weighted by molar-refractivity contribution is 7.92. The molecule has 0 bridgehead atoms. The van der Waals surface area contributed by atoms with Gasteiger partial charge in [-0.1, -0.05) is 30.9 Å². The molecular formula is C14H18ClNO3S2. The molecule has 1 aromatic heterocycles. The van der Waals surface area contributed by atoms with Crippen LogP contribution in [0.25, 0.3) is 0 Å². The zero-order chi connectivity index (χ0) is 15.0. The van der Waals surface area contributed by atoms with Gasteiger partial charge in [0.2, 0.25) is 0 Å². The second-order valence-electron chi connectivity index (χ2n) is 5.78. The number of hydrogen-bond acceptors (Lipinski definition) is 4. The van der Waals surface area contributed by atoms with Gasteiger partial charge < -0.3 is 4.90 Å². The molecule has 2 fully saturated rings. The predicted octanol–water partition coefficient (Wildman–Crippen LogP) is 2.97. The van der Waals surface area contributed by atoms with Crippen LogP contribution in [0.3, 0.4) is 0 Å². The molecule has 1 aliphatic heterocycles. The minimum absolute atomic E-state index is 0.109. The van der Waals surface area contributed by atoms with Gasteiger partial charge in [-0.15, -0.1) is 11.3 Å². The Morgan fingerprint density at radius 3 is 2.38 bits per heavy atom. The number of nitrogens with zero attached hydrogens (tertiary/aromatic N) is 1. The van der Waals surface area contributed by atoms with Gasteiger partial charge in [-0.2, -0.15) is 0 Å². The molecule has 0 unspecified atom stereocenters. The Kier molecular flexibility index (Phi) is 4.30. The van der Waals surface area contributed by atoms with Crippen LogP contribution in [0, 0.1) is 0 Å². The number of amides is 1. The van der Waals surface area contributed by atoms with Crippen LogP contribution < -0.4 is 0 Å². The van der Waals surface area contributed by atoms with E-state index in [0.29, 0.717) is 22.3 Å². The van der Waals surface area contributed by atoms with Crippen LogP contribution in [-0.2, 0) is 9.84 Å². The standard InChI is InChI=1S/C14H18ClNO3S2/c15-13-7-6-12(20-13)14(17)16-8-11(9-16)21(18,19)10-4-2-1-3-5-10/h6-7,10-11H,1-5,8-9H2. The summed E-state index contributed by atoms with van der Waals surface area (Å²) in [6.45, 7) is 0.653. The third-order valence-corrected chi connectivity index (χ3v) is 8.25. The highest BCUT2D eigenvalue weighted by atomic mass is 35.5. The first-order valence-corrected chi connectivity index (χ1v) is 10.1. The van der Waals surface area contributed by atoms with Gasteiger partial charge in [0.25, 0.3) is 5.91 Å². The highest BCUT2D eigenvalue weighted by Gasteiger charge is 2.43. The predicted molar refractivity (Wildman–Crippen MR) is 84.8 cm³/mol. The zero-order valence-corrected chi connectivity index (χ0v) is 14.0. The summed E-state index contributed by atoms with van der Waals surface area (Å²) < 4.78 is 25.6. The molecule has 0 radical (unpaired) electrons. The molecule has 116 valence electrons. The Morgan fingerprint density at radius 1 is 1.14 bits per heavy atom. The lowest BCUT2D eigenvalue weighted by Crippen LogP contribution is -2.58. The van der Waals surface area contributed by atoms with Gasteiger partial charge in [-0.05, 0) is 25.0 Å². The average Bonchev–Trinajstić information content (AvgIpc) is 2.84. The van der Waals surface area contributed by atoms with Gasteiger partial charge in [0, 0.05) is 13.1 Å². The molecule has 1 saturated carbocycles. The molecule has 1 aliphatic carbocycles. The van der Waals surface area contributed by atoms with Crippen molar-refractivity contribution in [3.8, 4) is 0 Å². The number of halogens is 1. The fourth-order valence-electron chi connectivity index (χ4n) is 3.06. The lowest BCUT2D eigenvalue weighted by atomic mass is 10.0. The van der Waals surface area contributed by atoms with E-state index in [1.54, 1.807) is 17.0 Å². The van der Waals surface area contributed by atoms with Crippen LogP contribution >= 0.6 is 22.9 Å². The summed E-state index contributed by atoms with van der Waals surface area (Å²) in [4.78, 5) is 14.4. The van der Waals surface area contributed by atoms with Crippen molar-refractivity contribution in [1.29, 1.82) is 0 Å². The Morgan fingerprint density at radius 2 is 1.81 bits per heavy atom. The van der Waals surface area contributed by atoms with Crippen molar-refractivity contribution >= 4 is 38.7 Å². The first kappa shape index (κ1) is 15.3. The summed E-state index contributed by atoms with van der Waals surface area (Å²) in [7, 11) is -3.09.